The molecular formula is C66H67NO13. The fourth-order valence-corrected chi connectivity index (χ4v) is 7.99. The van der Waals surface area contributed by atoms with E-state index in [2.05, 4.69) is 31.1 Å². The summed E-state index contributed by atoms with van der Waals surface area (Å²) in [4.78, 5) is 62.7. The van der Waals surface area contributed by atoms with Crippen molar-refractivity contribution < 1.29 is 61.9 Å². The summed E-state index contributed by atoms with van der Waals surface area (Å²) in [5.74, 6) is 5.28. The van der Waals surface area contributed by atoms with E-state index in [9.17, 15) is 24.0 Å². The second kappa shape index (κ2) is 33.9. The van der Waals surface area contributed by atoms with Crippen molar-refractivity contribution in [2.45, 2.75) is 89.9 Å². The topological polar surface area (TPSA) is 183 Å². The first-order chi connectivity index (χ1) is 39.1. The molecule has 0 radical (unpaired) electrons. The highest BCUT2D eigenvalue weighted by atomic mass is 16.6. The highest BCUT2D eigenvalue weighted by Crippen LogP contribution is 2.28. The van der Waals surface area contributed by atoms with E-state index in [1.165, 1.54) is 18.2 Å². The van der Waals surface area contributed by atoms with Crippen molar-refractivity contribution in [3.05, 3.63) is 186 Å². The second-order valence-corrected chi connectivity index (χ2v) is 18.5. The molecule has 6 aromatic carbocycles. The van der Waals surface area contributed by atoms with Gasteiger partial charge in [-0.2, -0.15) is 5.26 Å². The van der Waals surface area contributed by atoms with Crippen LogP contribution in [0.25, 0.3) is 10.8 Å². The molecule has 0 aromatic heterocycles. The van der Waals surface area contributed by atoms with E-state index in [1.807, 2.05) is 48.5 Å². The quantitative estimate of drug-likeness (QED) is 0.00947. The molecule has 14 nitrogen and oxygen atoms in total. The van der Waals surface area contributed by atoms with Crippen LogP contribution in [0.2, 0.25) is 0 Å². The standard InChI is InChI=1S/C66H67NO13/c1-3-62(68)76-42-16-11-9-14-39-73-56-32-27-52(28-33-56)64(70)79-59-37-38-61(80-65(71)53-29-34-57(35-30-53)74-40-15-10-12-17-43-77-63(69)4-2)60(47-59)66(72)78-44-18-8-6-5-7-13-41-75-58-36-31-54-45-50(25-26-55(54)46-58)22-19-49-20-23-51(48-67)24-21-49/h3-4,20-21,23-38,45-47H,1-2,5-18,39-44H2. The molecule has 6 aromatic rings. The van der Waals surface area contributed by atoms with E-state index < -0.39 is 29.8 Å². The van der Waals surface area contributed by atoms with E-state index in [1.54, 1.807) is 60.7 Å². The normalized spacial score (nSPS) is 10.5. The summed E-state index contributed by atoms with van der Waals surface area (Å²) in [6, 6.07) is 38.5. The Morgan fingerprint density at radius 1 is 0.388 bits per heavy atom. The molecule has 0 bridgehead atoms. The maximum atomic E-state index is 13.7. The number of carbonyl (C=O) groups is 5. The highest BCUT2D eigenvalue weighted by molar-refractivity contribution is 5.97. The molecule has 0 atom stereocenters. The number of fused-ring (bicyclic) bond motifs is 1. The van der Waals surface area contributed by atoms with Crippen LogP contribution >= 0.6 is 0 Å². The van der Waals surface area contributed by atoms with Gasteiger partial charge in [0.05, 0.1) is 62.4 Å². The number of esters is 5. The van der Waals surface area contributed by atoms with Gasteiger partial charge in [0.25, 0.3) is 0 Å². The minimum atomic E-state index is -0.746. The Morgan fingerprint density at radius 3 is 1.34 bits per heavy atom. The van der Waals surface area contributed by atoms with Crippen LogP contribution in [0.1, 0.15) is 138 Å². The van der Waals surface area contributed by atoms with E-state index in [0.29, 0.717) is 56.5 Å². The number of hydrogen-bond donors (Lipinski definition) is 0. The summed E-state index contributed by atoms with van der Waals surface area (Å²) < 4.78 is 44.8. The molecule has 0 fully saturated rings. The summed E-state index contributed by atoms with van der Waals surface area (Å²) in [7, 11) is 0. The van der Waals surface area contributed by atoms with Gasteiger partial charge < -0.3 is 37.9 Å². The van der Waals surface area contributed by atoms with Crippen molar-refractivity contribution in [2.24, 2.45) is 0 Å². The maximum absolute atomic E-state index is 13.7. The largest absolute Gasteiger partial charge is 0.494 e. The van der Waals surface area contributed by atoms with Crippen LogP contribution < -0.4 is 23.7 Å². The maximum Gasteiger partial charge on any atom is 0.343 e. The van der Waals surface area contributed by atoms with Crippen molar-refractivity contribution in [1.29, 1.82) is 5.26 Å². The Labute approximate surface area is 468 Å². The van der Waals surface area contributed by atoms with Crippen molar-refractivity contribution in [3.8, 4) is 46.7 Å². The van der Waals surface area contributed by atoms with Crippen LogP contribution in [-0.4, -0.2) is 69.5 Å². The number of benzene rings is 6. The van der Waals surface area contributed by atoms with Crippen LogP contribution in [-0.2, 0) is 23.8 Å². The fraction of sp³-hybridized carbons (Fsp3) is 0.303. The van der Waals surface area contributed by atoms with Gasteiger partial charge in [0.1, 0.15) is 34.3 Å². The molecule has 14 heteroatoms. The number of carbonyl (C=O) groups excluding carboxylic acids is 5. The third-order valence-electron chi connectivity index (χ3n) is 12.4. The van der Waals surface area contributed by atoms with Crippen LogP contribution in [0.3, 0.4) is 0 Å². The average molecular weight is 1080 g/mol. The van der Waals surface area contributed by atoms with Crippen molar-refractivity contribution >= 4 is 40.6 Å². The number of ether oxygens (including phenoxy) is 8. The Kier molecular flexibility index (Phi) is 25.5. The molecule has 0 heterocycles. The summed E-state index contributed by atoms with van der Waals surface area (Å²) in [5, 5.41) is 11.1. The summed E-state index contributed by atoms with van der Waals surface area (Å²) >= 11 is 0. The van der Waals surface area contributed by atoms with Crippen molar-refractivity contribution in [2.75, 3.05) is 39.6 Å². The lowest BCUT2D eigenvalue weighted by Gasteiger charge is -2.13. The van der Waals surface area contributed by atoms with Gasteiger partial charge in [-0.25, -0.2) is 24.0 Å². The summed E-state index contributed by atoms with van der Waals surface area (Å²) in [5.41, 5.74) is 2.72. The zero-order valence-corrected chi connectivity index (χ0v) is 45.1. The summed E-state index contributed by atoms with van der Waals surface area (Å²) in [6.45, 7) is 9.12. The van der Waals surface area contributed by atoms with E-state index in [4.69, 9.17) is 43.2 Å². The fourth-order valence-electron chi connectivity index (χ4n) is 7.99. The van der Waals surface area contributed by atoms with Crippen molar-refractivity contribution in [1.82, 2.24) is 0 Å². The molecule has 6 rings (SSSR count). The molecule has 0 aliphatic rings. The number of nitriles is 1. The van der Waals surface area contributed by atoms with Gasteiger partial charge in [-0.1, -0.05) is 62.8 Å². The van der Waals surface area contributed by atoms with Gasteiger partial charge in [-0.3, -0.25) is 0 Å². The molecule has 0 N–H and O–H groups in total. The first-order valence-electron chi connectivity index (χ1n) is 27.1. The smallest absolute Gasteiger partial charge is 0.343 e. The van der Waals surface area contributed by atoms with Crippen molar-refractivity contribution in [3.63, 3.8) is 0 Å². The second-order valence-electron chi connectivity index (χ2n) is 18.5. The predicted octanol–water partition coefficient (Wildman–Crippen LogP) is 13.5. The lowest BCUT2D eigenvalue weighted by atomic mass is 10.1. The number of nitrogens with zero attached hydrogens (tertiary/aromatic N) is 1. The third kappa shape index (κ3) is 21.4. The molecule has 414 valence electrons. The lowest BCUT2D eigenvalue weighted by molar-refractivity contribution is -0.138. The Morgan fingerprint density at radius 2 is 0.800 bits per heavy atom. The average Bonchev–Trinajstić information content (AvgIpc) is 3.49. The molecule has 0 aliphatic heterocycles. The zero-order valence-electron chi connectivity index (χ0n) is 45.1. The van der Waals surface area contributed by atoms with Gasteiger partial charge >= 0.3 is 29.8 Å². The van der Waals surface area contributed by atoms with Gasteiger partial charge in [-0.05, 0) is 190 Å². The molecule has 0 aliphatic carbocycles. The molecule has 0 saturated carbocycles. The monoisotopic (exact) mass is 1080 g/mol. The van der Waals surface area contributed by atoms with E-state index in [-0.39, 0.29) is 34.8 Å². The SMILES string of the molecule is C=CC(=O)OCCCCCCOc1ccc(C(=O)Oc2ccc(OC(=O)c3ccc(OCCCCCCOC(=O)C=C)cc3)c(C(=O)OCCCCCCCCOc3ccc4cc(C#Cc5ccc(C#N)cc5)ccc4c3)c2)cc1. The van der Waals surface area contributed by atoms with Gasteiger partial charge in [0.2, 0.25) is 0 Å². The number of rotatable bonds is 33. The zero-order chi connectivity index (χ0) is 56.6. The van der Waals surface area contributed by atoms with E-state index >= 15 is 0 Å². The van der Waals surface area contributed by atoms with Crippen LogP contribution in [0.15, 0.2) is 153 Å². The minimum Gasteiger partial charge on any atom is -0.494 e. The molecule has 80 heavy (non-hydrogen) atoms. The molecular weight excluding hydrogens is 1010 g/mol. The van der Waals surface area contributed by atoms with Gasteiger partial charge in [0, 0.05) is 23.3 Å². The Hall–Kier alpha value is -9.14. The van der Waals surface area contributed by atoms with Gasteiger partial charge in [-0.15, -0.1) is 0 Å². The molecule has 0 amide bonds. The highest BCUT2D eigenvalue weighted by Gasteiger charge is 2.21. The van der Waals surface area contributed by atoms with Crippen LogP contribution in [0.5, 0.6) is 28.7 Å². The van der Waals surface area contributed by atoms with Gasteiger partial charge in [0.15, 0.2) is 0 Å². The predicted molar refractivity (Wildman–Crippen MR) is 304 cm³/mol. The minimum absolute atomic E-state index is 0.0425. The number of unbranched alkanes of at least 4 members (excludes halogenated alkanes) is 11. The van der Waals surface area contributed by atoms with Crippen LogP contribution in [0, 0.1) is 23.2 Å². The lowest BCUT2D eigenvalue weighted by Crippen LogP contribution is -2.14. The Balaban J connectivity index is 0.948. The molecule has 0 saturated heterocycles. The Bertz CT molecular complexity index is 3110. The summed E-state index contributed by atoms with van der Waals surface area (Å²) in [6.07, 6.45) is 14.1. The molecule has 0 spiro atoms. The van der Waals surface area contributed by atoms with E-state index in [0.717, 1.165) is 123 Å². The first-order valence-corrected chi connectivity index (χ1v) is 27.1. The first kappa shape index (κ1) is 60.1. The number of hydrogen-bond acceptors (Lipinski definition) is 14. The van der Waals surface area contributed by atoms with Crippen LogP contribution in [0.4, 0.5) is 0 Å². The molecule has 0 unspecified atom stereocenters. The third-order valence-corrected chi connectivity index (χ3v) is 12.4.